The zero-order valence-corrected chi connectivity index (χ0v) is 17.3. The molecule has 4 rings (SSSR count). The zero-order valence-electron chi connectivity index (χ0n) is 17.3. The summed E-state index contributed by atoms with van der Waals surface area (Å²) >= 11 is 0. The average molecular weight is 421 g/mol. The van der Waals surface area contributed by atoms with Crippen LogP contribution in [0.15, 0.2) is 10.6 Å². The van der Waals surface area contributed by atoms with Crippen molar-refractivity contribution in [3.8, 4) is 0 Å². The van der Waals surface area contributed by atoms with Gasteiger partial charge in [0.2, 0.25) is 5.58 Å². The van der Waals surface area contributed by atoms with Gasteiger partial charge in [-0.05, 0) is 26.8 Å². The lowest BCUT2D eigenvalue weighted by Gasteiger charge is -2.37. The Balaban J connectivity index is 1.82. The summed E-state index contributed by atoms with van der Waals surface area (Å²) in [5.41, 5.74) is 0.170. The van der Waals surface area contributed by atoms with Crippen molar-refractivity contribution in [3.05, 3.63) is 17.4 Å². The number of benzene rings is 1. The maximum Gasteiger partial charge on any atom is 0.416 e. The summed E-state index contributed by atoms with van der Waals surface area (Å²) in [6.45, 7) is 6.58. The van der Waals surface area contributed by atoms with Crippen LogP contribution in [0.3, 0.4) is 0 Å². The average Bonchev–Trinajstić information content (AvgIpc) is 3.21. The van der Waals surface area contributed by atoms with Crippen molar-refractivity contribution < 1.29 is 32.7 Å². The molecule has 0 aliphatic carbocycles. The third-order valence-corrected chi connectivity index (χ3v) is 5.47. The largest absolute Gasteiger partial charge is 0.444 e. The predicted molar refractivity (Wildman–Crippen MR) is 106 cm³/mol. The smallest absolute Gasteiger partial charge is 0.416 e. The van der Waals surface area contributed by atoms with Gasteiger partial charge in [-0.25, -0.2) is 14.1 Å². The molecule has 4 atom stereocenters. The molecular formula is C20H24FN3O6. The van der Waals surface area contributed by atoms with Crippen LogP contribution >= 0.6 is 0 Å². The Morgan fingerprint density at radius 1 is 1.30 bits per heavy atom. The van der Waals surface area contributed by atoms with Gasteiger partial charge in [0.1, 0.15) is 12.1 Å². The molecule has 9 nitrogen and oxygen atoms in total. The van der Waals surface area contributed by atoms with Crippen LogP contribution in [0.5, 0.6) is 0 Å². The van der Waals surface area contributed by atoms with Gasteiger partial charge >= 0.3 is 6.09 Å². The van der Waals surface area contributed by atoms with Gasteiger partial charge in [0.05, 0.1) is 29.9 Å². The predicted octanol–water partition coefficient (Wildman–Crippen LogP) is 2.75. The summed E-state index contributed by atoms with van der Waals surface area (Å²) in [4.78, 5) is 27.3. The lowest BCUT2D eigenvalue weighted by atomic mass is 10.1. The molecule has 2 aliphatic heterocycles. The lowest BCUT2D eigenvalue weighted by Crippen LogP contribution is -2.46. The molecule has 30 heavy (non-hydrogen) atoms. The van der Waals surface area contributed by atoms with Gasteiger partial charge in [0.15, 0.2) is 17.9 Å². The number of ether oxygens (including phenoxy) is 3. The Morgan fingerprint density at radius 2 is 2.00 bits per heavy atom. The van der Waals surface area contributed by atoms with Crippen LogP contribution in [0.1, 0.15) is 31.1 Å². The number of anilines is 2. The van der Waals surface area contributed by atoms with Crippen molar-refractivity contribution in [2.24, 2.45) is 0 Å². The highest BCUT2D eigenvalue weighted by Crippen LogP contribution is 2.39. The Morgan fingerprint density at radius 3 is 2.63 bits per heavy atom. The summed E-state index contributed by atoms with van der Waals surface area (Å²) in [5.74, 6) is -0.600. The number of aldehydes is 1. The normalized spacial score (nSPS) is 27.0. The SMILES string of the molecule is COC[C@H]1[C@@H](C)OC(=O)N1c1noc2c(F)c(N3C[C@@H](C)O[C@H](C)C3)c(C=O)cc12. The molecule has 0 N–H and O–H groups in total. The first-order chi connectivity index (χ1) is 14.3. The fourth-order valence-corrected chi connectivity index (χ4v) is 4.24. The second-order valence-electron chi connectivity index (χ2n) is 7.77. The number of amides is 1. The fraction of sp³-hybridized carbons (Fsp3) is 0.550. The van der Waals surface area contributed by atoms with Crippen molar-refractivity contribution in [1.29, 1.82) is 0 Å². The van der Waals surface area contributed by atoms with Gasteiger partial charge < -0.3 is 23.6 Å². The quantitative estimate of drug-likeness (QED) is 0.681. The van der Waals surface area contributed by atoms with Gasteiger partial charge in [0.25, 0.3) is 0 Å². The minimum atomic E-state index is -0.696. The van der Waals surface area contributed by atoms with Gasteiger partial charge in [-0.2, -0.15) is 0 Å². The summed E-state index contributed by atoms with van der Waals surface area (Å²) in [5, 5.41) is 4.16. The first kappa shape index (κ1) is 20.5. The molecule has 2 aliphatic rings. The number of cyclic esters (lactones) is 1. The van der Waals surface area contributed by atoms with Crippen LogP contribution in [0, 0.1) is 5.82 Å². The minimum Gasteiger partial charge on any atom is -0.444 e. The number of methoxy groups -OCH3 is 1. The number of halogens is 1. The number of carbonyl (C=O) groups excluding carboxylic acids is 2. The van der Waals surface area contributed by atoms with Crippen LogP contribution in [-0.2, 0) is 14.2 Å². The van der Waals surface area contributed by atoms with E-state index < -0.39 is 24.1 Å². The number of hydrogen-bond donors (Lipinski definition) is 0. The van der Waals surface area contributed by atoms with E-state index in [-0.39, 0.29) is 46.9 Å². The molecule has 10 heteroatoms. The van der Waals surface area contributed by atoms with E-state index in [9.17, 15) is 9.59 Å². The molecule has 1 aromatic heterocycles. The van der Waals surface area contributed by atoms with Crippen molar-refractivity contribution in [2.45, 2.75) is 45.1 Å². The summed E-state index contributed by atoms with van der Waals surface area (Å²) in [7, 11) is 1.51. The second-order valence-corrected chi connectivity index (χ2v) is 7.77. The van der Waals surface area contributed by atoms with E-state index >= 15 is 4.39 Å². The van der Waals surface area contributed by atoms with Gasteiger partial charge in [-0.3, -0.25) is 4.79 Å². The van der Waals surface area contributed by atoms with Crippen molar-refractivity contribution >= 4 is 34.9 Å². The molecule has 0 radical (unpaired) electrons. The number of rotatable bonds is 5. The van der Waals surface area contributed by atoms with E-state index in [0.29, 0.717) is 19.4 Å². The number of carbonyl (C=O) groups is 2. The molecule has 1 amide bonds. The Labute approximate surface area is 172 Å². The van der Waals surface area contributed by atoms with Crippen molar-refractivity contribution in [3.63, 3.8) is 0 Å². The van der Waals surface area contributed by atoms with Gasteiger partial charge in [0, 0.05) is 25.8 Å². The highest BCUT2D eigenvalue weighted by Gasteiger charge is 2.43. The van der Waals surface area contributed by atoms with Crippen LogP contribution < -0.4 is 9.80 Å². The third kappa shape index (κ3) is 3.29. The Kier molecular flexibility index (Phi) is 5.37. The van der Waals surface area contributed by atoms with E-state index in [4.69, 9.17) is 18.7 Å². The second kappa shape index (κ2) is 7.84. The minimum absolute atomic E-state index is 0.0960. The molecule has 0 saturated carbocycles. The molecule has 0 spiro atoms. The standard InChI is InChI=1S/C20H24FN3O6/c1-10-6-23(7-11(2)28-10)17-13(8-25)5-14-18(16(17)21)30-22-19(14)24-15(9-27-4)12(3)29-20(24)26/h5,8,10-12,15H,6-7,9H2,1-4H3/t10-,11-,12-,15+/m1/s1. The molecule has 2 aromatic rings. The van der Waals surface area contributed by atoms with E-state index in [1.807, 2.05) is 13.8 Å². The van der Waals surface area contributed by atoms with Crippen LogP contribution in [0.25, 0.3) is 11.0 Å². The van der Waals surface area contributed by atoms with E-state index in [1.165, 1.54) is 18.1 Å². The number of nitrogens with zero attached hydrogens (tertiary/aromatic N) is 3. The molecule has 0 unspecified atom stereocenters. The molecule has 2 fully saturated rings. The number of morpholine rings is 1. The van der Waals surface area contributed by atoms with Crippen LogP contribution in [-0.4, -0.2) is 68.7 Å². The number of fused-ring (bicyclic) bond motifs is 1. The molecule has 2 saturated heterocycles. The number of aromatic nitrogens is 1. The summed E-state index contributed by atoms with van der Waals surface area (Å²) in [6, 6.07) is 1.04. The molecule has 3 heterocycles. The highest BCUT2D eigenvalue weighted by atomic mass is 19.1. The first-order valence-corrected chi connectivity index (χ1v) is 9.81. The Bertz CT molecular complexity index is 969. The molecule has 0 bridgehead atoms. The van der Waals surface area contributed by atoms with Crippen LogP contribution in [0.4, 0.5) is 20.7 Å². The third-order valence-electron chi connectivity index (χ3n) is 5.47. The van der Waals surface area contributed by atoms with Gasteiger partial charge in [-0.1, -0.05) is 5.16 Å². The first-order valence-electron chi connectivity index (χ1n) is 9.81. The van der Waals surface area contributed by atoms with Crippen molar-refractivity contribution in [2.75, 3.05) is 36.6 Å². The maximum absolute atomic E-state index is 15.5. The van der Waals surface area contributed by atoms with E-state index in [0.717, 1.165) is 0 Å². The maximum atomic E-state index is 15.5. The van der Waals surface area contributed by atoms with Crippen LogP contribution in [0.2, 0.25) is 0 Å². The lowest BCUT2D eigenvalue weighted by molar-refractivity contribution is -0.00543. The molecular weight excluding hydrogens is 397 g/mol. The molecule has 1 aromatic carbocycles. The van der Waals surface area contributed by atoms with Gasteiger partial charge in [-0.15, -0.1) is 0 Å². The number of hydrogen-bond acceptors (Lipinski definition) is 8. The summed E-state index contributed by atoms with van der Waals surface area (Å²) < 4.78 is 37.0. The zero-order chi connectivity index (χ0) is 21.6. The Hall–Kier alpha value is -2.72. The summed E-state index contributed by atoms with van der Waals surface area (Å²) in [6.07, 6.45) is -0.728. The highest BCUT2D eigenvalue weighted by molar-refractivity contribution is 6.03. The fourth-order valence-electron chi connectivity index (χ4n) is 4.24. The van der Waals surface area contributed by atoms with Crippen molar-refractivity contribution in [1.82, 2.24) is 5.16 Å². The monoisotopic (exact) mass is 421 g/mol. The topological polar surface area (TPSA) is 94.3 Å². The molecule has 162 valence electrons. The van der Waals surface area contributed by atoms with E-state index in [2.05, 4.69) is 5.16 Å². The van der Waals surface area contributed by atoms with E-state index in [1.54, 1.807) is 11.8 Å².